The van der Waals surface area contributed by atoms with E-state index in [2.05, 4.69) is 4.90 Å². The number of hydrogen-bond donors (Lipinski definition) is 2. The van der Waals surface area contributed by atoms with E-state index in [1.54, 1.807) is 18.2 Å². The molecule has 0 amide bonds. The summed E-state index contributed by atoms with van der Waals surface area (Å²) in [5.74, 6) is -0.0642. The van der Waals surface area contributed by atoms with E-state index in [4.69, 9.17) is 15.9 Å². The van der Waals surface area contributed by atoms with Gasteiger partial charge in [0.25, 0.3) is 0 Å². The number of rotatable bonds is 5. The fourth-order valence-electron chi connectivity index (χ4n) is 2.25. The molecule has 6 nitrogen and oxygen atoms in total. The van der Waals surface area contributed by atoms with Crippen molar-refractivity contribution in [1.29, 1.82) is 5.41 Å². The van der Waals surface area contributed by atoms with Gasteiger partial charge in [0.1, 0.15) is 5.84 Å². The topological polar surface area (TPSA) is 96.5 Å². The Labute approximate surface area is 125 Å². The molecule has 2 rings (SSSR count). The van der Waals surface area contributed by atoms with Gasteiger partial charge in [0.15, 0.2) is 9.84 Å². The summed E-state index contributed by atoms with van der Waals surface area (Å²) in [5, 5.41) is 7.38. The van der Waals surface area contributed by atoms with Gasteiger partial charge in [-0.15, -0.1) is 0 Å². The van der Waals surface area contributed by atoms with Crippen molar-refractivity contribution in [3.8, 4) is 0 Å². The van der Waals surface area contributed by atoms with Gasteiger partial charge < -0.3 is 10.5 Å². The highest BCUT2D eigenvalue weighted by Crippen LogP contribution is 2.14. The molecule has 0 radical (unpaired) electrons. The third kappa shape index (κ3) is 4.52. The van der Waals surface area contributed by atoms with Gasteiger partial charge in [-0.25, -0.2) is 8.42 Å². The Morgan fingerprint density at radius 1 is 1.33 bits per heavy atom. The maximum Gasteiger partial charge on any atom is 0.179 e. The lowest BCUT2D eigenvalue weighted by Crippen LogP contribution is -2.31. The number of benzene rings is 1. The highest BCUT2D eigenvalue weighted by atomic mass is 32.2. The average molecular weight is 311 g/mol. The molecule has 0 aliphatic carbocycles. The lowest BCUT2D eigenvalue weighted by Gasteiger charge is -2.18. The number of sulfone groups is 1. The maximum atomic E-state index is 12.4. The van der Waals surface area contributed by atoms with Crippen LogP contribution in [0.4, 0.5) is 0 Å². The molecule has 0 saturated carbocycles. The normalized spacial score (nSPS) is 17.3. The van der Waals surface area contributed by atoms with Crippen LogP contribution >= 0.6 is 0 Å². The molecule has 0 spiro atoms. The first-order valence-corrected chi connectivity index (χ1v) is 8.61. The molecule has 0 aromatic heterocycles. The van der Waals surface area contributed by atoms with Crippen LogP contribution in [0.3, 0.4) is 0 Å². The maximum absolute atomic E-state index is 12.4. The van der Waals surface area contributed by atoms with Crippen LogP contribution in [0.2, 0.25) is 0 Å². The Kier molecular flexibility index (Phi) is 5.33. The minimum absolute atomic E-state index is 0.0638. The summed E-state index contributed by atoms with van der Waals surface area (Å²) in [6, 6.07) is 6.26. The third-order valence-electron chi connectivity index (χ3n) is 3.50. The lowest BCUT2D eigenvalue weighted by atomic mass is 10.2. The quantitative estimate of drug-likeness (QED) is 0.608. The Balaban J connectivity index is 2.04. The Hall–Kier alpha value is -1.44. The monoisotopic (exact) mass is 311 g/mol. The van der Waals surface area contributed by atoms with E-state index in [-0.39, 0.29) is 16.5 Å². The summed E-state index contributed by atoms with van der Waals surface area (Å²) >= 11 is 0. The van der Waals surface area contributed by atoms with Gasteiger partial charge in [0.05, 0.1) is 17.3 Å². The largest absolute Gasteiger partial charge is 0.384 e. The van der Waals surface area contributed by atoms with Crippen molar-refractivity contribution in [2.24, 2.45) is 5.73 Å². The highest BCUT2D eigenvalue weighted by molar-refractivity contribution is 7.91. The van der Waals surface area contributed by atoms with E-state index in [9.17, 15) is 8.42 Å². The number of nitrogens with zero attached hydrogens (tertiary/aromatic N) is 1. The molecule has 1 aromatic rings. The van der Waals surface area contributed by atoms with Crippen molar-refractivity contribution in [3.63, 3.8) is 0 Å². The van der Waals surface area contributed by atoms with Crippen molar-refractivity contribution in [2.45, 2.75) is 11.3 Å². The second-order valence-electron chi connectivity index (χ2n) is 5.07. The van der Waals surface area contributed by atoms with Crippen LogP contribution in [0.5, 0.6) is 0 Å². The molecule has 0 unspecified atom stereocenters. The van der Waals surface area contributed by atoms with Gasteiger partial charge in [-0.05, 0) is 18.6 Å². The van der Waals surface area contributed by atoms with Gasteiger partial charge in [-0.2, -0.15) is 0 Å². The molecule has 1 aliphatic rings. The molecule has 3 N–H and O–H groups in total. The molecule has 7 heteroatoms. The van der Waals surface area contributed by atoms with Gasteiger partial charge in [-0.1, -0.05) is 12.1 Å². The van der Waals surface area contributed by atoms with Crippen LogP contribution in [-0.2, 0) is 14.6 Å². The Morgan fingerprint density at radius 3 is 2.90 bits per heavy atom. The number of nitrogen functional groups attached to an aromatic ring is 1. The lowest BCUT2D eigenvalue weighted by molar-refractivity contribution is 0.142. The summed E-state index contributed by atoms with van der Waals surface area (Å²) in [7, 11) is -3.36. The summed E-state index contributed by atoms with van der Waals surface area (Å²) < 4.78 is 30.1. The predicted octanol–water partition coefficient (Wildman–Crippen LogP) is 0.467. The SMILES string of the molecule is N=C(N)c1cccc(S(=O)(=O)CCN2CCCOCC2)c1. The first-order valence-electron chi connectivity index (χ1n) is 6.96. The van der Waals surface area contributed by atoms with Crippen molar-refractivity contribution in [3.05, 3.63) is 29.8 Å². The van der Waals surface area contributed by atoms with Crippen molar-refractivity contribution < 1.29 is 13.2 Å². The molecule has 1 aromatic carbocycles. The number of amidine groups is 1. The van der Waals surface area contributed by atoms with Crippen LogP contribution in [-0.4, -0.2) is 57.8 Å². The zero-order chi connectivity index (χ0) is 15.3. The minimum Gasteiger partial charge on any atom is -0.384 e. The van der Waals surface area contributed by atoms with E-state index in [0.717, 1.165) is 26.1 Å². The first-order chi connectivity index (χ1) is 9.99. The van der Waals surface area contributed by atoms with E-state index in [0.29, 0.717) is 18.7 Å². The predicted molar refractivity (Wildman–Crippen MR) is 81.4 cm³/mol. The Morgan fingerprint density at radius 2 is 2.14 bits per heavy atom. The second-order valence-corrected chi connectivity index (χ2v) is 7.18. The number of ether oxygens (including phenoxy) is 1. The smallest absolute Gasteiger partial charge is 0.179 e. The molecule has 0 bridgehead atoms. The van der Waals surface area contributed by atoms with Gasteiger partial charge in [0.2, 0.25) is 0 Å². The zero-order valence-corrected chi connectivity index (χ0v) is 12.7. The van der Waals surface area contributed by atoms with Crippen molar-refractivity contribution in [1.82, 2.24) is 4.90 Å². The molecule has 116 valence electrons. The Bertz CT molecular complexity index is 593. The van der Waals surface area contributed by atoms with Gasteiger partial charge >= 0.3 is 0 Å². The van der Waals surface area contributed by atoms with E-state index in [1.807, 2.05) is 0 Å². The first kappa shape index (κ1) is 15.9. The number of nitrogens with two attached hydrogens (primary N) is 1. The molecule has 1 aliphatic heterocycles. The number of hydrogen-bond acceptors (Lipinski definition) is 5. The molecular weight excluding hydrogens is 290 g/mol. The molecule has 1 fully saturated rings. The zero-order valence-electron chi connectivity index (χ0n) is 11.9. The fraction of sp³-hybridized carbons (Fsp3) is 0.500. The summed E-state index contributed by atoms with van der Waals surface area (Å²) in [6.45, 7) is 3.52. The van der Waals surface area contributed by atoms with Crippen LogP contribution in [0.15, 0.2) is 29.2 Å². The van der Waals surface area contributed by atoms with Gasteiger partial charge in [-0.3, -0.25) is 10.3 Å². The molecule has 1 saturated heterocycles. The fourth-order valence-corrected chi connectivity index (χ4v) is 3.57. The third-order valence-corrected chi connectivity index (χ3v) is 5.19. The van der Waals surface area contributed by atoms with Crippen LogP contribution < -0.4 is 5.73 Å². The molecule has 0 atom stereocenters. The van der Waals surface area contributed by atoms with Crippen LogP contribution in [0.25, 0.3) is 0 Å². The number of nitrogens with one attached hydrogen (secondary N) is 1. The van der Waals surface area contributed by atoms with Gasteiger partial charge in [0, 0.05) is 31.8 Å². The van der Waals surface area contributed by atoms with E-state index < -0.39 is 9.84 Å². The standard InChI is InChI=1S/C14H21N3O3S/c15-14(16)12-3-1-4-13(11-12)21(18,19)10-7-17-5-2-8-20-9-6-17/h1,3-4,11H,2,5-10H2,(H3,15,16). The average Bonchev–Trinajstić information content (AvgIpc) is 2.74. The second kappa shape index (κ2) is 7.02. The van der Waals surface area contributed by atoms with E-state index in [1.165, 1.54) is 6.07 Å². The summed E-state index contributed by atoms with van der Waals surface area (Å²) in [6.07, 6.45) is 0.930. The van der Waals surface area contributed by atoms with Crippen molar-refractivity contribution >= 4 is 15.7 Å². The van der Waals surface area contributed by atoms with E-state index >= 15 is 0 Å². The molecule has 21 heavy (non-hydrogen) atoms. The van der Waals surface area contributed by atoms with Crippen molar-refractivity contribution in [2.75, 3.05) is 38.6 Å². The summed E-state index contributed by atoms with van der Waals surface area (Å²) in [5.41, 5.74) is 5.83. The minimum atomic E-state index is -3.36. The van der Waals surface area contributed by atoms with Crippen LogP contribution in [0.1, 0.15) is 12.0 Å². The van der Waals surface area contributed by atoms with Crippen LogP contribution in [0, 0.1) is 5.41 Å². The molecule has 1 heterocycles. The molecular formula is C14H21N3O3S. The highest BCUT2D eigenvalue weighted by Gasteiger charge is 2.18. The summed E-state index contributed by atoms with van der Waals surface area (Å²) in [4.78, 5) is 2.33.